The lowest BCUT2D eigenvalue weighted by Crippen LogP contribution is -2.62. The Bertz CT molecular complexity index is 992. The number of hydrogen-bond acceptors (Lipinski definition) is 10. The fraction of sp³-hybridized carbons (Fsp3) is 0.500. The largest absolute Gasteiger partial charge is 0.467 e. The molecule has 1 aliphatic rings. The third kappa shape index (κ3) is 8.80. The van der Waals surface area contributed by atoms with E-state index in [1.165, 1.54) is 28.4 Å². The molecule has 0 aliphatic carbocycles. The predicted molar refractivity (Wildman–Crippen MR) is 139 cm³/mol. The van der Waals surface area contributed by atoms with Gasteiger partial charge in [-0.05, 0) is 17.7 Å². The Morgan fingerprint density at radius 1 is 0.821 bits per heavy atom. The molecule has 1 heterocycles. The van der Waals surface area contributed by atoms with Crippen LogP contribution in [0.5, 0.6) is 0 Å². The Hall–Kier alpha value is -2.90. The third-order valence-corrected chi connectivity index (χ3v) is 6.16. The topological polar surface area (TPSA) is 120 Å². The van der Waals surface area contributed by atoms with Gasteiger partial charge in [-0.3, -0.25) is 4.79 Å². The molecule has 1 unspecified atom stereocenters. The van der Waals surface area contributed by atoms with Gasteiger partial charge in [-0.1, -0.05) is 48.5 Å². The van der Waals surface area contributed by atoms with Crippen molar-refractivity contribution in [3.05, 3.63) is 71.8 Å². The van der Waals surface area contributed by atoms with Crippen LogP contribution in [0.15, 0.2) is 60.7 Å². The van der Waals surface area contributed by atoms with E-state index in [1.807, 2.05) is 30.3 Å². The SMILES string of the molecule is COCO[C@@H]1[C@@H](OCOC)[C@@H](OC)O[C@H](CC(NC(=O)c2ccccc2)C(=O)OC)[C@H]1OCc1ccccc1. The molecule has 39 heavy (non-hydrogen) atoms. The average Bonchev–Trinajstić information content (AvgIpc) is 2.98. The second-order valence-electron chi connectivity index (χ2n) is 8.77. The Morgan fingerprint density at radius 2 is 1.44 bits per heavy atom. The van der Waals surface area contributed by atoms with Gasteiger partial charge < -0.3 is 43.2 Å². The van der Waals surface area contributed by atoms with Gasteiger partial charge in [0.15, 0.2) is 6.29 Å². The van der Waals surface area contributed by atoms with E-state index in [0.717, 1.165) is 5.56 Å². The molecule has 3 rings (SSSR count). The first kappa shape index (κ1) is 30.6. The van der Waals surface area contributed by atoms with E-state index in [9.17, 15) is 9.59 Å². The van der Waals surface area contributed by atoms with E-state index >= 15 is 0 Å². The first-order valence-electron chi connectivity index (χ1n) is 12.5. The maximum absolute atomic E-state index is 12.9. The second-order valence-corrected chi connectivity index (χ2v) is 8.77. The third-order valence-electron chi connectivity index (χ3n) is 6.16. The minimum atomic E-state index is -1.05. The van der Waals surface area contributed by atoms with Gasteiger partial charge in [0.05, 0.1) is 19.8 Å². The number of amides is 1. The number of nitrogens with one attached hydrogen (secondary N) is 1. The maximum Gasteiger partial charge on any atom is 0.328 e. The summed E-state index contributed by atoms with van der Waals surface area (Å²) in [5.41, 5.74) is 1.32. The predicted octanol–water partition coefficient (Wildman–Crippen LogP) is 2.28. The van der Waals surface area contributed by atoms with E-state index < -0.39 is 48.6 Å². The summed E-state index contributed by atoms with van der Waals surface area (Å²) in [6.45, 7) is 0.123. The van der Waals surface area contributed by atoms with Crippen LogP contribution < -0.4 is 5.32 Å². The number of methoxy groups -OCH3 is 4. The van der Waals surface area contributed by atoms with Crippen LogP contribution in [0.25, 0.3) is 0 Å². The molecule has 6 atom stereocenters. The van der Waals surface area contributed by atoms with Gasteiger partial charge in [0.25, 0.3) is 5.91 Å². The van der Waals surface area contributed by atoms with Crippen LogP contribution in [-0.4, -0.2) is 90.6 Å². The lowest BCUT2D eigenvalue weighted by Gasteiger charge is -2.45. The minimum absolute atomic E-state index is 0.00834. The number of benzene rings is 2. The molecule has 11 nitrogen and oxygen atoms in total. The van der Waals surface area contributed by atoms with Crippen LogP contribution in [0.2, 0.25) is 0 Å². The lowest BCUT2D eigenvalue weighted by atomic mass is 9.93. The number of ether oxygens (including phenoxy) is 8. The Morgan fingerprint density at radius 3 is 2.03 bits per heavy atom. The molecule has 1 aliphatic heterocycles. The van der Waals surface area contributed by atoms with Crippen LogP contribution in [0.3, 0.4) is 0 Å². The van der Waals surface area contributed by atoms with Crippen molar-refractivity contribution in [1.29, 1.82) is 0 Å². The number of esters is 1. The molecule has 1 amide bonds. The summed E-state index contributed by atoms with van der Waals surface area (Å²) in [5, 5.41) is 2.76. The number of carbonyl (C=O) groups is 2. The lowest BCUT2D eigenvalue weighted by molar-refractivity contribution is -0.330. The average molecular weight is 548 g/mol. The highest BCUT2D eigenvalue weighted by Crippen LogP contribution is 2.32. The molecular weight excluding hydrogens is 510 g/mol. The summed E-state index contributed by atoms with van der Waals surface area (Å²) < 4.78 is 45.4. The second kappa shape index (κ2) is 16.3. The maximum atomic E-state index is 12.9. The number of hydrogen-bond donors (Lipinski definition) is 1. The van der Waals surface area contributed by atoms with Gasteiger partial charge in [0.1, 0.15) is 37.9 Å². The van der Waals surface area contributed by atoms with Crippen molar-refractivity contribution in [2.24, 2.45) is 0 Å². The van der Waals surface area contributed by atoms with Crippen molar-refractivity contribution in [3.63, 3.8) is 0 Å². The van der Waals surface area contributed by atoms with Gasteiger partial charge in [0, 0.05) is 33.3 Å². The highest BCUT2D eigenvalue weighted by molar-refractivity contribution is 5.96. The Balaban J connectivity index is 1.90. The first-order valence-corrected chi connectivity index (χ1v) is 12.5. The summed E-state index contributed by atoms with van der Waals surface area (Å²) in [4.78, 5) is 25.7. The monoisotopic (exact) mass is 547 g/mol. The van der Waals surface area contributed by atoms with E-state index in [4.69, 9.17) is 37.9 Å². The van der Waals surface area contributed by atoms with Gasteiger partial charge in [0.2, 0.25) is 0 Å². The van der Waals surface area contributed by atoms with E-state index in [-0.39, 0.29) is 26.6 Å². The summed E-state index contributed by atoms with van der Waals surface area (Å²) in [6.07, 6.45) is -3.91. The van der Waals surface area contributed by atoms with Crippen molar-refractivity contribution in [3.8, 4) is 0 Å². The molecule has 1 saturated heterocycles. The zero-order valence-corrected chi connectivity index (χ0v) is 22.6. The van der Waals surface area contributed by atoms with Gasteiger partial charge >= 0.3 is 5.97 Å². The molecule has 0 spiro atoms. The van der Waals surface area contributed by atoms with Crippen LogP contribution in [0.1, 0.15) is 22.3 Å². The van der Waals surface area contributed by atoms with Crippen LogP contribution in [-0.2, 0) is 49.3 Å². The quantitative estimate of drug-likeness (QED) is 0.263. The van der Waals surface area contributed by atoms with Crippen LogP contribution >= 0.6 is 0 Å². The van der Waals surface area contributed by atoms with Crippen LogP contribution in [0.4, 0.5) is 0 Å². The Labute approximate surface area is 228 Å². The van der Waals surface area contributed by atoms with Gasteiger partial charge in [-0.2, -0.15) is 0 Å². The molecular formula is C28H37NO10. The molecule has 0 aromatic heterocycles. The van der Waals surface area contributed by atoms with Crippen molar-refractivity contribution in [2.45, 2.75) is 49.8 Å². The zero-order valence-electron chi connectivity index (χ0n) is 22.6. The zero-order chi connectivity index (χ0) is 28.0. The fourth-order valence-electron chi connectivity index (χ4n) is 4.30. The van der Waals surface area contributed by atoms with Crippen LogP contribution in [0, 0.1) is 0 Å². The molecule has 2 aromatic carbocycles. The standard InChI is InChI=1S/C28H37NO10/c1-32-17-37-24-23(36-16-19-11-7-5-8-12-19)22(39-28(35-4)25(24)38-18-33-2)15-21(27(31)34-3)29-26(30)20-13-9-6-10-14-20/h5-14,21-25,28H,15-18H2,1-4H3,(H,29,30)/t21?,22-,23-,24+,25-,28+/m1/s1. The Kier molecular flexibility index (Phi) is 12.8. The fourth-order valence-corrected chi connectivity index (χ4v) is 4.30. The molecule has 214 valence electrons. The van der Waals surface area contributed by atoms with Crippen molar-refractivity contribution in [2.75, 3.05) is 42.0 Å². The minimum Gasteiger partial charge on any atom is -0.467 e. The highest BCUT2D eigenvalue weighted by Gasteiger charge is 2.50. The van der Waals surface area contributed by atoms with Crippen molar-refractivity contribution >= 4 is 11.9 Å². The summed E-state index contributed by atoms with van der Waals surface area (Å²) >= 11 is 0. The smallest absolute Gasteiger partial charge is 0.328 e. The molecule has 11 heteroatoms. The summed E-state index contributed by atoms with van der Waals surface area (Å²) in [5.74, 6) is -1.06. The summed E-state index contributed by atoms with van der Waals surface area (Å²) in [7, 11) is 5.73. The van der Waals surface area contributed by atoms with E-state index in [1.54, 1.807) is 30.3 Å². The highest BCUT2D eigenvalue weighted by atomic mass is 16.7. The first-order chi connectivity index (χ1) is 19.0. The molecule has 1 fully saturated rings. The van der Waals surface area contributed by atoms with Crippen molar-refractivity contribution < 1.29 is 47.5 Å². The summed E-state index contributed by atoms with van der Waals surface area (Å²) in [6, 6.07) is 17.1. The molecule has 2 aromatic rings. The molecule has 1 N–H and O–H groups in total. The van der Waals surface area contributed by atoms with Gasteiger partial charge in [-0.15, -0.1) is 0 Å². The van der Waals surface area contributed by atoms with Crippen molar-refractivity contribution in [1.82, 2.24) is 5.32 Å². The normalized spacial score (nSPS) is 23.6. The number of carbonyl (C=O) groups excluding carboxylic acids is 2. The molecule has 0 bridgehead atoms. The van der Waals surface area contributed by atoms with E-state index in [2.05, 4.69) is 5.32 Å². The van der Waals surface area contributed by atoms with E-state index in [0.29, 0.717) is 5.56 Å². The van der Waals surface area contributed by atoms with Gasteiger partial charge in [-0.25, -0.2) is 4.79 Å². The molecule has 0 radical (unpaired) electrons. The molecule has 0 saturated carbocycles. The number of rotatable bonds is 15.